The number of aldehydes is 1. The third kappa shape index (κ3) is 7.10. The highest BCUT2D eigenvalue weighted by molar-refractivity contribution is 7.78. The lowest BCUT2D eigenvalue weighted by atomic mass is 10.2. The van der Waals surface area contributed by atoms with E-state index >= 15 is 0 Å². The molecule has 0 aliphatic carbocycles. The number of carbonyl (C=O) groups excluding carboxylic acids is 1. The van der Waals surface area contributed by atoms with Crippen LogP contribution in [0.25, 0.3) is 0 Å². The van der Waals surface area contributed by atoms with Crippen molar-refractivity contribution >= 4 is 23.7 Å². The zero-order valence-corrected chi connectivity index (χ0v) is 8.54. The largest absolute Gasteiger partial charge is 0.298 e. The van der Waals surface area contributed by atoms with E-state index in [4.69, 9.17) is 0 Å². The SMILES string of the molecule is C=CCN=C=S.O=Cc1ccccc1. The maximum atomic E-state index is 10.0. The van der Waals surface area contributed by atoms with E-state index in [0.717, 1.165) is 11.8 Å². The van der Waals surface area contributed by atoms with E-state index in [-0.39, 0.29) is 0 Å². The number of aliphatic imine (C=N–C) groups is 1. The van der Waals surface area contributed by atoms with Gasteiger partial charge in [0.25, 0.3) is 0 Å². The maximum Gasteiger partial charge on any atom is 0.150 e. The van der Waals surface area contributed by atoms with Crippen LogP contribution in [-0.2, 0) is 0 Å². The summed E-state index contributed by atoms with van der Waals surface area (Å²) in [5.74, 6) is 0. The fourth-order valence-corrected chi connectivity index (χ4v) is 0.708. The Kier molecular flexibility index (Phi) is 8.45. The molecule has 1 rings (SSSR count). The van der Waals surface area contributed by atoms with Crippen molar-refractivity contribution in [2.24, 2.45) is 4.99 Å². The summed E-state index contributed by atoms with van der Waals surface area (Å²) in [4.78, 5) is 13.5. The Morgan fingerprint density at radius 1 is 1.43 bits per heavy atom. The van der Waals surface area contributed by atoms with Gasteiger partial charge in [0, 0.05) is 5.56 Å². The molecule has 72 valence electrons. The summed E-state index contributed by atoms with van der Waals surface area (Å²) in [6, 6.07) is 9.10. The summed E-state index contributed by atoms with van der Waals surface area (Å²) in [5, 5.41) is 2.21. The third-order valence-corrected chi connectivity index (χ3v) is 1.35. The minimum atomic E-state index is 0.587. The van der Waals surface area contributed by atoms with Crippen LogP contribution >= 0.6 is 12.2 Å². The van der Waals surface area contributed by atoms with Crippen LogP contribution in [0.2, 0.25) is 0 Å². The first-order valence-electron chi connectivity index (χ1n) is 4.00. The molecule has 0 saturated heterocycles. The van der Waals surface area contributed by atoms with E-state index in [1.54, 1.807) is 18.2 Å². The molecule has 0 spiro atoms. The van der Waals surface area contributed by atoms with Gasteiger partial charge < -0.3 is 0 Å². The summed E-state index contributed by atoms with van der Waals surface area (Å²) in [5.41, 5.74) is 0.729. The quantitative estimate of drug-likeness (QED) is 0.328. The van der Waals surface area contributed by atoms with Crippen LogP contribution < -0.4 is 0 Å². The van der Waals surface area contributed by atoms with Crippen molar-refractivity contribution in [3.8, 4) is 0 Å². The molecule has 0 aromatic heterocycles. The lowest BCUT2D eigenvalue weighted by Gasteiger charge is -1.81. The van der Waals surface area contributed by atoms with Crippen LogP contribution in [0.1, 0.15) is 10.4 Å². The predicted octanol–water partition coefficient (Wildman–Crippen LogP) is 2.77. The Morgan fingerprint density at radius 2 is 2.07 bits per heavy atom. The molecule has 3 heteroatoms. The van der Waals surface area contributed by atoms with Gasteiger partial charge in [0.1, 0.15) is 6.29 Å². The van der Waals surface area contributed by atoms with E-state index in [9.17, 15) is 4.79 Å². The van der Waals surface area contributed by atoms with Gasteiger partial charge in [-0.2, -0.15) is 0 Å². The molecule has 2 nitrogen and oxygen atoms in total. The Labute approximate surface area is 89.0 Å². The van der Waals surface area contributed by atoms with Crippen LogP contribution in [0.4, 0.5) is 0 Å². The first-order valence-corrected chi connectivity index (χ1v) is 4.40. The second kappa shape index (κ2) is 9.52. The number of rotatable bonds is 3. The van der Waals surface area contributed by atoms with Gasteiger partial charge in [0.05, 0.1) is 11.7 Å². The van der Waals surface area contributed by atoms with Crippen molar-refractivity contribution in [2.75, 3.05) is 6.54 Å². The normalized spacial score (nSPS) is 7.43. The molecule has 1 aromatic rings. The number of hydrogen-bond donors (Lipinski definition) is 0. The van der Waals surface area contributed by atoms with Crippen LogP contribution in [0.5, 0.6) is 0 Å². The maximum absolute atomic E-state index is 10.0. The van der Waals surface area contributed by atoms with Gasteiger partial charge >= 0.3 is 0 Å². The molecular weight excluding hydrogens is 194 g/mol. The molecular formula is C11H11NOS. The highest BCUT2D eigenvalue weighted by Gasteiger charge is 1.79. The number of thiocarbonyl (C=S) groups is 1. The minimum absolute atomic E-state index is 0.587. The first kappa shape index (κ1) is 12.4. The zero-order chi connectivity index (χ0) is 10.6. The van der Waals surface area contributed by atoms with Crippen molar-refractivity contribution in [1.82, 2.24) is 0 Å². The molecule has 0 N–H and O–H groups in total. The highest BCUT2D eigenvalue weighted by atomic mass is 32.1. The molecule has 1 aromatic carbocycles. The average Bonchev–Trinajstić information content (AvgIpc) is 2.28. The molecule has 0 unspecified atom stereocenters. The number of carbonyl (C=O) groups is 1. The molecule has 0 saturated carbocycles. The fourth-order valence-electron chi connectivity index (χ4n) is 0.633. The summed E-state index contributed by atoms with van der Waals surface area (Å²) < 4.78 is 0. The van der Waals surface area contributed by atoms with Gasteiger partial charge in [0.15, 0.2) is 0 Å². The summed E-state index contributed by atoms with van der Waals surface area (Å²) >= 11 is 4.25. The third-order valence-electron chi connectivity index (χ3n) is 1.22. The molecule has 0 heterocycles. The molecule has 0 radical (unpaired) electrons. The monoisotopic (exact) mass is 205 g/mol. The second-order valence-electron chi connectivity index (χ2n) is 2.25. The van der Waals surface area contributed by atoms with Crippen LogP contribution in [-0.4, -0.2) is 18.0 Å². The number of benzene rings is 1. The van der Waals surface area contributed by atoms with Gasteiger partial charge in [-0.1, -0.05) is 36.4 Å². The Morgan fingerprint density at radius 3 is 2.36 bits per heavy atom. The molecule has 0 amide bonds. The first-order chi connectivity index (χ1) is 6.85. The number of hydrogen-bond acceptors (Lipinski definition) is 3. The molecule has 0 aliphatic rings. The predicted molar refractivity (Wildman–Crippen MR) is 61.9 cm³/mol. The highest BCUT2D eigenvalue weighted by Crippen LogP contribution is 1.91. The van der Waals surface area contributed by atoms with Gasteiger partial charge in [-0.25, -0.2) is 4.99 Å². The summed E-state index contributed by atoms with van der Waals surface area (Å²) in [6.45, 7) is 4.00. The van der Waals surface area contributed by atoms with Gasteiger partial charge in [-0.05, 0) is 12.2 Å². The topological polar surface area (TPSA) is 29.4 Å². The van der Waals surface area contributed by atoms with Gasteiger partial charge in [-0.15, -0.1) is 6.58 Å². The van der Waals surface area contributed by atoms with Crippen LogP contribution in [0, 0.1) is 0 Å². The van der Waals surface area contributed by atoms with E-state index in [0.29, 0.717) is 6.54 Å². The smallest absolute Gasteiger partial charge is 0.150 e. The number of isothiocyanates is 1. The molecule has 0 atom stereocenters. The zero-order valence-electron chi connectivity index (χ0n) is 7.72. The van der Waals surface area contributed by atoms with Crippen molar-refractivity contribution < 1.29 is 4.79 Å². The van der Waals surface area contributed by atoms with Crippen molar-refractivity contribution in [3.05, 3.63) is 48.6 Å². The Bertz CT molecular complexity index is 315. The average molecular weight is 205 g/mol. The van der Waals surface area contributed by atoms with Crippen molar-refractivity contribution in [2.45, 2.75) is 0 Å². The van der Waals surface area contributed by atoms with Crippen LogP contribution in [0.3, 0.4) is 0 Å². The van der Waals surface area contributed by atoms with E-state index in [1.807, 2.05) is 18.2 Å². The summed E-state index contributed by atoms with van der Waals surface area (Å²) in [6.07, 6.45) is 2.50. The minimum Gasteiger partial charge on any atom is -0.298 e. The Hall–Kier alpha value is -1.57. The van der Waals surface area contributed by atoms with Gasteiger partial charge in [-0.3, -0.25) is 4.79 Å². The standard InChI is InChI=1S/C7H6O.C4H5NS/c8-6-7-4-2-1-3-5-7;1-2-3-5-4-6/h1-6H;2H,1,3H2. The lowest BCUT2D eigenvalue weighted by molar-refractivity contribution is 0.112. The van der Waals surface area contributed by atoms with E-state index < -0.39 is 0 Å². The van der Waals surface area contributed by atoms with E-state index in [2.05, 4.69) is 29.0 Å². The molecule has 0 bridgehead atoms. The Balaban J connectivity index is 0.000000255. The molecule has 0 fully saturated rings. The van der Waals surface area contributed by atoms with Crippen molar-refractivity contribution in [3.63, 3.8) is 0 Å². The van der Waals surface area contributed by atoms with Gasteiger partial charge in [0.2, 0.25) is 0 Å². The lowest BCUT2D eigenvalue weighted by Crippen LogP contribution is -1.73. The van der Waals surface area contributed by atoms with Crippen LogP contribution in [0.15, 0.2) is 48.0 Å². The second-order valence-corrected chi connectivity index (χ2v) is 2.43. The summed E-state index contributed by atoms with van der Waals surface area (Å²) in [7, 11) is 0. The number of nitrogens with zero attached hydrogens (tertiary/aromatic N) is 1. The van der Waals surface area contributed by atoms with E-state index in [1.165, 1.54) is 0 Å². The fraction of sp³-hybridized carbons (Fsp3) is 0.0909. The molecule has 14 heavy (non-hydrogen) atoms. The van der Waals surface area contributed by atoms with Crippen molar-refractivity contribution in [1.29, 1.82) is 0 Å². The molecule has 0 aliphatic heterocycles.